The number of rotatable bonds is 6. The molecule has 2 aromatic carbocycles. The highest BCUT2D eigenvalue weighted by Crippen LogP contribution is 2.27. The van der Waals surface area contributed by atoms with Crippen LogP contribution in [0.1, 0.15) is 39.9 Å². The molecule has 4 heteroatoms. The first kappa shape index (κ1) is 17.2. The molecule has 1 amide bonds. The fraction of sp³-hybridized carbons (Fsp3) is 0.333. The average Bonchev–Trinajstić information content (AvgIpc) is 2.62. The van der Waals surface area contributed by atoms with E-state index in [1.807, 2.05) is 0 Å². The first-order chi connectivity index (χ1) is 12.1. The summed E-state index contributed by atoms with van der Waals surface area (Å²) in [6.07, 6.45) is 4.40. The van der Waals surface area contributed by atoms with E-state index in [1.54, 1.807) is 24.3 Å². The third-order valence-electron chi connectivity index (χ3n) is 4.86. The third kappa shape index (κ3) is 4.69. The molecule has 0 spiro atoms. The second kappa shape index (κ2) is 7.97. The lowest BCUT2D eigenvalue weighted by molar-refractivity contribution is -0.122. The van der Waals surface area contributed by atoms with Crippen molar-refractivity contribution in [1.29, 1.82) is 0 Å². The van der Waals surface area contributed by atoms with E-state index in [2.05, 4.69) is 29.6 Å². The Morgan fingerprint density at radius 1 is 1.04 bits per heavy atom. The Hall–Kier alpha value is -2.62. The average molecular weight is 337 g/mol. The van der Waals surface area contributed by atoms with Gasteiger partial charge >= 0.3 is 5.97 Å². The molecule has 25 heavy (non-hydrogen) atoms. The van der Waals surface area contributed by atoms with Gasteiger partial charge in [0, 0.05) is 13.0 Å². The molecule has 3 rings (SSSR count). The maximum atomic E-state index is 12.2. The lowest BCUT2D eigenvalue weighted by Gasteiger charge is -2.24. The summed E-state index contributed by atoms with van der Waals surface area (Å²) in [5.74, 6) is -0.398. The van der Waals surface area contributed by atoms with Gasteiger partial charge < -0.3 is 10.4 Å². The zero-order valence-corrected chi connectivity index (χ0v) is 14.2. The van der Waals surface area contributed by atoms with Crippen LogP contribution in [-0.2, 0) is 24.1 Å². The minimum atomic E-state index is -0.922. The second-order valence-corrected chi connectivity index (χ2v) is 6.68. The van der Waals surface area contributed by atoms with Crippen molar-refractivity contribution in [3.63, 3.8) is 0 Å². The summed E-state index contributed by atoms with van der Waals surface area (Å²) in [7, 11) is 0. The van der Waals surface area contributed by atoms with Crippen molar-refractivity contribution in [2.24, 2.45) is 5.92 Å². The van der Waals surface area contributed by atoms with Crippen LogP contribution in [0.4, 0.5) is 0 Å². The minimum absolute atomic E-state index is 0.103. The van der Waals surface area contributed by atoms with Gasteiger partial charge in [-0.15, -0.1) is 0 Å². The number of hydrogen-bond donors (Lipinski definition) is 2. The highest BCUT2D eigenvalue weighted by Gasteiger charge is 2.20. The summed E-state index contributed by atoms with van der Waals surface area (Å²) in [6.45, 7) is 0.578. The Balaban J connectivity index is 1.42. The van der Waals surface area contributed by atoms with Crippen molar-refractivity contribution in [2.75, 3.05) is 6.54 Å². The molecule has 0 aromatic heterocycles. The molecule has 1 atom stereocenters. The van der Waals surface area contributed by atoms with Crippen molar-refractivity contribution in [2.45, 2.75) is 32.1 Å². The Morgan fingerprint density at radius 3 is 2.48 bits per heavy atom. The van der Waals surface area contributed by atoms with Crippen LogP contribution in [0.5, 0.6) is 0 Å². The molecule has 0 radical (unpaired) electrons. The lowest BCUT2D eigenvalue weighted by atomic mass is 9.82. The number of fused-ring (bicyclic) bond motifs is 1. The zero-order valence-electron chi connectivity index (χ0n) is 14.2. The summed E-state index contributed by atoms with van der Waals surface area (Å²) in [5.41, 5.74) is 4.11. The molecular formula is C21H23NO3. The molecule has 0 saturated heterocycles. The molecule has 0 aliphatic heterocycles. The predicted octanol–water partition coefficient (Wildman–Crippen LogP) is 3.24. The lowest BCUT2D eigenvalue weighted by Crippen LogP contribution is -2.29. The van der Waals surface area contributed by atoms with Crippen LogP contribution in [0.3, 0.4) is 0 Å². The fourth-order valence-electron chi connectivity index (χ4n) is 3.44. The van der Waals surface area contributed by atoms with Crippen LogP contribution >= 0.6 is 0 Å². The summed E-state index contributed by atoms with van der Waals surface area (Å²) < 4.78 is 0. The van der Waals surface area contributed by atoms with Crippen LogP contribution in [0.2, 0.25) is 0 Å². The SMILES string of the molecule is O=C(CC1CCc2ccccc2C1)NCCc1ccc(C(=O)O)cc1. The molecule has 1 unspecified atom stereocenters. The normalized spacial score (nSPS) is 16.1. The van der Waals surface area contributed by atoms with Crippen molar-refractivity contribution >= 4 is 11.9 Å². The molecule has 0 heterocycles. The molecule has 1 aliphatic rings. The van der Waals surface area contributed by atoms with Crippen LogP contribution in [0.25, 0.3) is 0 Å². The van der Waals surface area contributed by atoms with E-state index >= 15 is 0 Å². The van der Waals surface area contributed by atoms with Crippen LogP contribution < -0.4 is 5.32 Å². The highest BCUT2D eigenvalue weighted by molar-refractivity contribution is 5.87. The first-order valence-corrected chi connectivity index (χ1v) is 8.77. The molecule has 2 N–H and O–H groups in total. The minimum Gasteiger partial charge on any atom is -0.478 e. The van der Waals surface area contributed by atoms with Gasteiger partial charge in [-0.25, -0.2) is 4.79 Å². The smallest absolute Gasteiger partial charge is 0.335 e. The molecule has 1 aliphatic carbocycles. The van der Waals surface area contributed by atoms with E-state index < -0.39 is 5.97 Å². The zero-order chi connectivity index (χ0) is 17.6. The van der Waals surface area contributed by atoms with Gasteiger partial charge in [0.05, 0.1) is 5.56 Å². The van der Waals surface area contributed by atoms with Gasteiger partial charge in [0.15, 0.2) is 0 Å². The standard InChI is InChI=1S/C21H23NO3/c23-20(14-16-7-8-17-3-1-2-4-19(17)13-16)22-12-11-15-5-9-18(10-6-15)21(24)25/h1-6,9-10,16H,7-8,11-14H2,(H,22,23)(H,24,25). The van der Waals surface area contributed by atoms with Crippen LogP contribution in [0, 0.1) is 5.92 Å². The van der Waals surface area contributed by atoms with Crippen LogP contribution in [-0.4, -0.2) is 23.5 Å². The van der Waals surface area contributed by atoms with E-state index in [-0.39, 0.29) is 11.5 Å². The van der Waals surface area contributed by atoms with Gasteiger partial charge in [-0.3, -0.25) is 4.79 Å². The summed E-state index contributed by atoms with van der Waals surface area (Å²) >= 11 is 0. The van der Waals surface area contributed by atoms with Crippen molar-refractivity contribution in [1.82, 2.24) is 5.32 Å². The van der Waals surface area contributed by atoms with E-state index in [0.29, 0.717) is 25.3 Å². The fourth-order valence-corrected chi connectivity index (χ4v) is 3.44. The Labute approximate surface area is 147 Å². The molecule has 130 valence electrons. The van der Waals surface area contributed by atoms with Crippen molar-refractivity contribution < 1.29 is 14.7 Å². The maximum absolute atomic E-state index is 12.2. The summed E-state index contributed by atoms with van der Waals surface area (Å²) in [5, 5.41) is 11.9. The number of benzene rings is 2. The Bertz CT molecular complexity index is 752. The number of aryl methyl sites for hydroxylation is 1. The number of carbonyl (C=O) groups excluding carboxylic acids is 1. The van der Waals surface area contributed by atoms with Gasteiger partial charge in [-0.2, -0.15) is 0 Å². The van der Waals surface area contributed by atoms with E-state index in [9.17, 15) is 9.59 Å². The van der Waals surface area contributed by atoms with Crippen molar-refractivity contribution in [3.05, 3.63) is 70.8 Å². The van der Waals surface area contributed by atoms with Gasteiger partial charge in [-0.05, 0) is 60.4 Å². The molecule has 2 aromatic rings. The summed E-state index contributed by atoms with van der Waals surface area (Å²) in [4.78, 5) is 23.0. The molecule has 0 saturated carbocycles. The maximum Gasteiger partial charge on any atom is 0.335 e. The number of carboxylic acids is 1. The number of hydrogen-bond acceptors (Lipinski definition) is 2. The number of carbonyl (C=O) groups is 2. The van der Waals surface area contributed by atoms with Gasteiger partial charge in [0.25, 0.3) is 0 Å². The molecular weight excluding hydrogens is 314 g/mol. The number of carboxylic acid groups (broad SMARTS) is 1. The van der Waals surface area contributed by atoms with Gasteiger partial charge in [0.1, 0.15) is 0 Å². The van der Waals surface area contributed by atoms with E-state index in [1.165, 1.54) is 11.1 Å². The second-order valence-electron chi connectivity index (χ2n) is 6.68. The van der Waals surface area contributed by atoms with Crippen molar-refractivity contribution in [3.8, 4) is 0 Å². The van der Waals surface area contributed by atoms with Gasteiger partial charge in [-0.1, -0.05) is 36.4 Å². The third-order valence-corrected chi connectivity index (χ3v) is 4.86. The molecule has 0 bridgehead atoms. The predicted molar refractivity (Wildman–Crippen MR) is 96.7 cm³/mol. The summed E-state index contributed by atoms with van der Waals surface area (Å²) in [6, 6.07) is 15.3. The Kier molecular flexibility index (Phi) is 5.49. The monoisotopic (exact) mass is 337 g/mol. The van der Waals surface area contributed by atoms with E-state index in [4.69, 9.17) is 5.11 Å². The quantitative estimate of drug-likeness (QED) is 0.850. The van der Waals surface area contributed by atoms with Crippen LogP contribution in [0.15, 0.2) is 48.5 Å². The molecule has 4 nitrogen and oxygen atoms in total. The topological polar surface area (TPSA) is 66.4 Å². The number of aromatic carboxylic acids is 1. The number of amides is 1. The highest BCUT2D eigenvalue weighted by atomic mass is 16.4. The largest absolute Gasteiger partial charge is 0.478 e. The van der Waals surface area contributed by atoms with Gasteiger partial charge in [0.2, 0.25) is 5.91 Å². The Morgan fingerprint density at radius 2 is 1.76 bits per heavy atom. The first-order valence-electron chi connectivity index (χ1n) is 8.77. The molecule has 0 fully saturated rings. The number of nitrogens with one attached hydrogen (secondary N) is 1. The van der Waals surface area contributed by atoms with E-state index in [0.717, 1.165) is 24.8 Å².